The molecule has 0 aromatic carbocycles. The van der Waals surface area contributed by atoms with Crippen LogP contribution >= 0.6 is 0 Å². The fourth-order valence-corrected chi connectivity index (χ4v) is 1.71. The molecule has 0 saturated heterocycles. The van der Waals surface area contributed by atoms with Crippen molar-refractivity contribution in [3.63, 3.8) is 0 Å². The van der Waals surface area contributed by atoms with Crippen molar-refractivity contribution in [1.82, 2.24) is 5.32 Å². The van der Waals surface area contributed by atoms with Crippen LogP contribution in [0, 0.1) is 5.41 Å². The van der Waals surface area contributed by atoms with Gasteiger partial charge in [-0.15, -0.1) is 0 Å². The van der Waals surface area contributed by atoms with Crippen molar-refractivity contribution in [2.24, 2.45) is 11.1 Å². The van der Waals surface area contributed by atoms with Crippen LogP contribution in [0.5, 0.6) is 0 Å². The molecular weight excluding hydrogens is 236 g/mol. The second-order valence-corrected chi connectivity index (χ2v) is 6.03. The van der Waals surface area contributed by atoms with Crippen molar-refractivity contribution in [2.45, 2.75) is 45.2 Å². The minimum Gasteiger partial charge on any atom is -0.394 e. The van der Waals surface area contributed by atoms with E-state index in [-0.39, 0.29) is 23.8 Å². The standard InChI is InChI=1S/C12H26N2O4/c1-11(2,3)5-9(13)4-10(18)14-12(6-15,7-16)8-17/h9,15-17H,4-8,13H2,1-3H3,(H,14,18). The number of aliphatic hydroxyl groups is 3. The fourth-order valence-electron chi connectivity index (χ4n) is 1.71. The molecule has 0 heterocycles. The zero-order valence-corrected chi connectivity index (χ0v) is 11.4. The van der Waals surface area contributed by atoms with Crippen LogP contribution in [0.3, 0.4) is 0 Å². The Balaban J connectivity index is 4.33. The van der Waals surface area contributed by atoms with Crippen molar-refractivity contribution >= 4 is 5.91 Å². The highest BCUT2D eigenvalue weighted by molar-refractivity contribution is 5.77. The van der Waals surface area contributed by atoms with Crippen LogP contribution in [0.4, 0.5) is 0 Å². The van der Waals surface area contributed by atoms with Gasteiger partial charge in [0, 0.05) is 12.5 Å². The summed E-state index contributed by atoms with van der Waals surface area (Å²) in [4.78, 5) is 11.7. The minimum absolute atomic E-state index is 0.0295. The molecule has 0 fully saturated rings. The van der Waals surface area contributed by atoms with Crippen LogP contribution < -0.4 is 11.1 Å². The molecule has 0 aromatic heterocycles. The highest BCUT2D eigenvalue weighted by atomic mass is 16.3. The fraction of sp³-hybridized carbons (Fsp3) is 0.917. The van der Waals surface area contributed by atoms with Gasteiger partial charge in [-0.1, -0.05) is 20.8 Å². The molecule has 0 aliphatic carbocycles. The Hall–Kier alpha value is -0.690. The molecule has 0 saturated carbocycles. The third-order valence-electron chi connectivity index (χ3n) is 2.63. The Morgan fingerprint density at radius 1 is 1.17 bits per heavy atom. The maximum atomic E-state index is 11.7. The average Bonchev–Trinajstić information content (AvgIpc) is 2.23. The predicted octanol–water partition coefficient (Wildman–Crippen LogP) is -1.03. The number of carbonyl (C=O) groups excluding carboxylic acids is 1. The van der Waals surface area contributed by atoms with E-state index in [1.54, 1.807) is 0 Å². The normalized spacial score (nSPS) is 14.4. The summed E-state index contributed by atoms with van der Waals surface area (Å²) in [6, 6.07) is -0.293. The maximum Gasteiger partial charge on any atom is 0.222 e. The smallest absolute Gasteiger partial charge is 0.222 e. The van der Waals surface area contributed by atoms with Gasteiger partial charge in [-0.3, -0.25) is 4.79 Å². The van der Waals surface area contributed by atoms with Gasteiger partial charge in [-0.25, -0.2) is 0 Å². The van der Waals surface area contributed by atoms with Gasteiger partial charge in [-0.2, -0.15) is 0 Å². The molecule has 0 aliphatic heterocycles. The van der Waals surface area contributed by atoms with Crippen LogP contribution in [-0.4, -0.2) is 52.6 Å². The summed E-state index contributed by atoms with van der Waals surface area (Å²) in [5.74, 6) is -0.385. The third kappa shape index (κ3) is 6.30. The minimum atomic E-state index is -1.38. The predicted molar refractivity (Wildman–Crippen MR) is 68.8 cm³/mol. The summed E-state index contributed by atoms with van der Waals surface area (Å²) < 4.78 is 0. The van der Waals surface area contributed by atoms with Crippen molar-refractivity contribution in [3.8, 4) is 0 Å². The molecule has 6 nitrogen and oxygen atoms in total. The number of hydrogen-bond donors (Lipinski definition) is 5. The maximum absolute atomic E-state index is 11.7. The lowest BCUT2D eigenvalue weighted by molar-refractivity contribution is -0.125. The topological polar surface area (TPSA) is 116 Å². The SMILES string of the molecule is CC(C)(C)CC(N)CC(=O)NC(CO)(CO)CO. The molecule has 6 heteroatoms. The summed E-state index contributed by atoms with van der Waals surface area (Å²) in [5.41, 5.74) is 4.51. The molecule has 1 atom stereocenters. The number of hydrogen-bond acceptors (Lipinski definition) is 5. The lowest BCUT2D eigenvalue weighted by Crippen LogP contribution is -2.57. The number of amides is 1. The van der Waals surface area contributed by atoms with Crippen LogP contribution in [0.25, 0.3) is 0 Å². The van der Waals surface area contributed by atoms with E-state index in [0.29, 0.717) is 6.42 Å². The molecule has 18 heavy (non-hydrogen) atoms. The Morgan fingerprint density at radius 3 is 1.94 bits per heavy atom. The number of aliphatic hydroxyl groups excluding tert-OH is 3. The number of nitrogens with two attached hydrogens (primary N) is 1. The van der Waals surface area contributed by atoms with Gasteiger partial charge in [0.05, 0.1) is 19.8 Å². The molecule has 108 valence electrons. The van der Waals surface area contributed by atoms with E-state index in [0.717, 1.165) is 0 Å². The molecule has 0 spiro atoms. The highest BCUT2D eigenvalue weighted by Crippen LogP contribution is 2.21. The molecule has 0 aliphatic rings. The van der Waals surface area contributed by atoms with E-state index >= 15 is 0 Å². The monoisotopic (exact) mass is 262 g/mol. The summed E-state index contributed by atoms with van der Waals surface area (Å²) >= 11 is 0. The number of rotatable bonds is 7. The van der Waals surface area contributed by atoms with Crippen LogP contribution in [0.2, 0.25) is 0 Å². The molecule has 6 N–H and O–H groups in total. The summed E-state index contributed by atoms with van der Waals surface area (Å²) in [6.45, 7) is 4.51. The highest BCUT2D eigenvalue weighted by Gasteiger charge is 2.30. The second kappa shape index (κ2) is 7.04. The van der Waals surface area contributed by atoms with Crippen molar-refractivity contribution < 1.29 is 20.1 Å². The van der Waals surface area contributed by atoms with Gasteiger partial charge >= 0.3 is 0 Å². The van der Waals surface area contributed by atoms with Gasteiger partial charge in [0.25, 0.3) is 0 Å². The molecule has 0 aromatic rings. The van der Waals surface area contributed by atoms with E-state index in [1.807, 2.05) is 20.8 Å². The van der Waals surface area contributed by atoms with Gasteiger partial charge in [0.2, 0.25) is 5.91 Å². The first kappa shape index (κ1) is 17.3. The van der Waals surface area contributed by atoms with Crippen LogP contribution in [0.1, 0.15) is 33.6 Å². The molecule has 1 unspecified atom stereocenters. The summed E-state index contributed by atoms with van der Waals surface area (Å²) in [6.07, 6.45) is 0.782. The Bertz CT molecular complexity index is 251. The van der Waals surface area contributed by atoms with E-state index in [2.05, 4.69) is 5.32 Å². The first-order valence-corrected chi connectivity index (χ1v) is 6.07. The average molecular weight is 262 g/mol. The Morgan fingerprint density at radius 2 is 1.61 bits per heavy atom. The summed E-state index contributed by atoms with van der Waals surface area (Å²) in [7, 11) is 0. The molecule has 0 bridgehead atoms. The number of carbonyl (C=O) groups is 1. The van der Waals surface area contributed by atoms with Crippen molar-refractivity contribution in [2.75, 3.05) is 19.8 Å². The van der Waals surface area contributed by atoms with Crippen molar-refractivity contribution in [3.05, 3.63) is 0 Å². The zero-order chi connectivity index (χ0) is 14.4. The number of nitrogens with one attached hydrogen (secondary N) is 1. The van der Waals surface area contributed by atoms with Crippen LogP contribution in [0.15, 0.2) is 0 Å². The van der Waals surface area contributed by atoms with E-state index in [1.165, 1.54) is 0 Å². The van der Waals surface area contributed by atoms with Crippen molar-refractivity contribution in [1.29, 1.82) is 0 Å². The zero-order valence-electron chi connectivity index (χ0n) is 11.4. The van der Waals surface area contributed by atoms with E-state index in [4.69, 9.17) is 21.1 Å². The van der Waals surface area contributed by atoms with Gasteiger partial charge in [-0.05, 0) is 11.8 Å². The van der Waals surface area contributed by atoms with Crippen LogP contribution in [-0.2, 0) is 4.79 Å². The quantitative estimate of drug-likeness (QED) is 0.402. The molecule has 1 amide bonds. The summed E-state index contributed by atoms with van der Waals surface area (Å²) in [5, 5.41) is 29.7. The Labute approximate surface area is 108 Å². The largest absolute Gasteiger partial charge is 0.394 e. The van der Waals surface area contributed by atoms with Gasteiger partial charge < -0.3 is 26.4 Å². The first-order valence-electron chi connectivity index (χ1n) is 6.07. The Kier molecular flexibility index (Phi) is 6.77. The van der Waals surface area contributed by atoms with E-state index in [9.17, 15) is 4.79 Å². The first-order chi connectivity index (χ1) is 8.18. The molecule has 0 radical (unpaired) electrons. The van der Waals surface area contributed by atoms with E-state index < -0.39 is 25.4 Å². The lowest BCUT2D eigenvalue weighted by Gasteiger charge is -2.30. The third-order valence-corrected chi connectivity index (χ3v) is 2.63. The molecule has 0 rings (SSSR count). The second-order valence-electron chi connectivity index (χ2n) is 6.03. The lowest BCUT2D eigenvalue weighted by atomic mass is 9.87. The van der Waals surface area contributed by atoms with Gasteiger partial charge in [0.15, 0.2) is 0 Å². The molecular formula is C12H26N2O4. The van der Waals surface area contributed by atoms with Gasteiger partial charge in [0.1, 0.15) is 5.54 Å².